The topological polar surface area (TPSA) is 107 Å². The molecule has 0 saturated heterocycles. The Morgan fingerprint density at radius 3 is 2.39 bits per heavy atom. The van der Waals surface area contributed by atoms with Crippen molar-refractivity contribution in [3.05, 3.63) is 78.4 Å². The van der Waals surface area contributed by atoms with Crippen molar-refractivity contribution in [3.63, 3.8) is 0 Å². The van der Waals surface area contributed by atoms with Crippen LogP contribution in [0.5, 0.6) is 17.2 Å². The van der Waals surface area contributed by atoms with Crippen molar-refractivity contribution in [3.8, 4) is 17.2 Å². The molecule has 0 fully saturated rings. The van der Waals surface area contributed by atoms with Crippen molar-refractivity contribution in [1.29, 1.82) is 0 Å². The molecule has 0 aliphatic carbocycles. The fourth-order valence-corrected chi connectivity index (χ4v) is 4.98. The Bertz CT molecular complexity index is 1340. The second-order valence-electron chi connectivity index (χ2n) is 7.84. The van der Waals surface area contributed by atoms with Crippen LogP contribution in [0.25, 0.3) is 0 Å². The number of sulfonamides is 1. The molecular weight excluding hydrogens is 482 g/mol. The smallest absolute Gasteiger partial charge is 0.264 e. The summed E-state index contributed by atoms with van der Waals surface area (Å²) < 4.78 is 44.5. The third-order valence-corrected chi connectivity index (χ3v) is 7.15. The van der Waals surface area contributed by atoms with Crippen molar-refractivity contribution >= 4 is 27.3 Å². The Morgan fingerprint density at radius 1 is 1.00 bits per heavy atom. The van der Waals surface area contributed by atoms with Crippen LogP contribution in [0.3, 0.4) is 0 Å². The zero-order valence-electron chi connectivity index (χ0n) is 20.0. The lowest BCUT2D eigenvalue weighted by molar-refractivity contribution is -0.119. The zero-order valence-corrected chi connectivity index (χ0v) is 20.8. The molecule has 1 N–H and O–H groups in total. The second-order valence-corrected chi connectivity index (χ2v) is 9.70. The molecule has 9 nitrogen and oxygen atoms in total. The van der Waals surface area contributed by atoms with E-state index in [1.807, 2.05) is 13.0 Å². The van der Waals surface area contributed by atoms with Crippen molar-refractivity contribution in [2.75, 3.05) is 30.7 Å². The SMILES string of the molecule is CCOc1ccc(S(=O)(=O)N(CC(=O)N/N=C(/C)c2ccc3c(c2)OCCO3)c2ccccc2)cc1. The highest BCUT2D eigenvalue weighted by molar-refractivity contribution is 7.92. The van der Waals surface area contributed by atoms with E-state index in [4.69, 9.17) is 14.2 Å². The molecule has 0 atom stereocenters. The second kappa shape index (κ2) is 11.1. The fourth-order valence-electron chi connectivity index (χ4n) is 3.56. The maximum Gasteiger partial charge on any atom is 0.264 e. The summed E-state index contributed by atoms with van der Waals surface area (Å²) in [6, 6.07) is 19.9. The highest BCUT2D eigenvalue weighted by atomic mass is 32.2. The third kappa shape index (κ3) is 5.77. The Hall–Kier alpha value is -4.05. The van der Waals surface area contributed by atoms with Crippen LogP contribution in [0.15, 0.2) is 82.8 Å². The number of carbonyl (C=O) groups is 1. The number of benzene rings is 3. The summed E-state index contributed by atoms with van der Waals surface area (Å²) in [5.41, 5.74) is 4.08. The predicted octanol–water partition coefficient (Wildman–Crippen LogP) is 3.59. The van der Waals surface area contributed by atoms with Crippen molar-refractivity contribution in [2.45, 2.75) is 18.7 Å². The van der Waals surface area contributed by atoms with E-state index in [0.29, 0.717) is 48.5 Å². The molecule has 1 aliphatic heterocycles. The molecule has 4 rings (SSSR count). The molecule has 0 saturated carbocycles. The Balaban J connectivity index is 1.53. The number of hydrogen-bond acceptors (Lipinski definition) is 7. The van der Waals surface area contributed by atoms with Crippen LogP contribution >= 0.6 is 0 Å². The fraction of sp³-hybridized carbons (Fsp3) is 0.231. The van der Waals surface area contributed by atoms with Gasteiger partial charge in [-0.1, -0.05) is 18.2 Å². The molecule has 1 aliphatic rings. The average Bonchev–Trinajstić information content (AvgIpc) is 2.91. The number of carbonyl (C=O) groups excluding carboxylic acids is 1. The number of anilines is 1. The van der Waals surface area contributed by atoms with Gasteiger partial charge in [0.25, 0.3) is 15.9 Å². The van der Waals surface area contributed by atoms with Crippen LogP contribution in [-0.2, 0) is 14.8 Å². The number of hydrazone groups is 1. The van der Waals surface area contributed by atoms with Gasteiger partial charge >= 0.3 is 0 Å². The maximum absolute atomic E-state index is 13.5. The van der Waals surface area contributed by atoms with E-state index >= 15 is 0 Å². The summed E-state index contributed by atoms with van der Waals surface area (Å²) in [6.07, 6.45) is 0. The summed E-state index contributed by atoms with van der Waals surface area (Å²) in [4.78, 5) is 12.9. The van der Waals surface area contributed by atoms with Gasteiger partial charge in [0.05, 0.1) is 22.9 Å². The van der Waals surface area contributed by atoms with Gasteiger partial charge in [-0.3, -0.25) is 9.10 Å². The first-order chi connectivity index (χ1) is 17.4. The number of nitrogens with one attached hydrogen (secondary N) is 1. The van der Waals surface area contributed by atoms with E-state index in [1.54, 1.807) is 61.5 Å². The Labute approximate surface area is 210 Å². The summed E-state index contributed by atoms with van der Waals surface area (Å²) >= 11 is 0. The van der Waals surface area contributed by atoms with Gasteiger partial charge in [0.2, 0.25) is 0 Å². The average molecular weight is 510 g/mol. The standard InChI is InChI=1S/C26H27N3O6S/c1-3-33-22-10-12-23(13-11-22)36(31,32)29(21-7-5-4-6-8-21)18-26(30)28-27-19(2)20-9-14-24-25(17-20)35-16-15-34-24/h4-14,17H,3,15-16,18H2,1-2H3,(H,28,30)/b27-19-. The zero-order chi connectivity index (χ0) is 25.5. The molecule has 3 aromatic carbocycles. The number of fused-ring (bicyclic) bond motifs is 1. The summed E-state index contributed by atoms with van der Waals surface area (Å²) in [7, 11) is -4.04. The van der Waals surface area contributed by atoms with Crippen LogP contribution < -0.4 is 23.9 Å². The van der Waals surface area contributed by atoms with Gasteiger partial charge in [0.1, 0.15) is 25.5 Å². The van der Waals surface area contributed by atoms with Gasteiger partial charge < -0.3 is 14.2 Å². The van der Waals surface area contributed by atoms with Crippen LogP contribution in [0.4, 0.5) is 5.69 Å². The Kier molecular flexibility index (Phi) is 7.74. The Morgan fingerprint density at radius 2 is 1.69 bits per heavy atom. The number of rotatable bonds is 9. The van der Waals surface area contributed by atoms with E-state index in [0.717, 1.165) is 9.87 Å². The highest BCUT2D eigenvalue weighted by Gasteiger charge is 2.27. The van der Waals surface area contributed by atoms with Crippen molar-refractivity contribution in [1.82, 2.24) is 5.43 Å². The molecule has 1 amide bonds. The van der Waals surface area contributed by atoms with E-state index in [1.165, 1.54) is 12.1 Å². The number of para-hydroxylation sites is 1. The number of nitrogens with zero attached hydrogens (tertiary/aromatic N) is 2. The lowest BCUT2D eigenvalue weighted by Gasteiger charge is -2.23. The molecule has 0 bridgehead atoms. The summed E-state index contributed by atoms with van der Waals surface area (Å²) in [5, 5.41) is 4.16. The molecule has 0 aromatic heterocycles. The van der Waals surface area contributed by atoms with Gasteiger partial charge in [-0.15, -0.1) is 0 Å². The maximum atomic E-state index is 13.5. The molecule has 36 heavy (non-hydrogen) atoms. The first kappa shape index (κ1) is 25.1. The quantitative estimate of drug-likeness (QED) is 0.349. The molecule has 0 unspecified atom stereocenters. The van der Waals surface area contributed by atoms with Gasteiger partial charge in [-0.2, -0.15) is 5.10 Å². The highest BCUT2D eigenvalue weighted by Crippen LogP contribution is 2.31. The molecular formula is C26H27N3O6S. The lowest BCUT2D eigenvalue weighted by Crippen LogP contribution is -2.39. The minimum atomic E-state index is -4.04. The first-order valence-electron chi connectivity index (χ1n) is 11.4. The minimum absolute atomic E-state index is 0.0403. The van der Waals surface area contributed by atoms with Crippen LogP contribution in [0.1, 0.15) is 19.4 Å². The normalized spacial score (nSPS) is 13.1. The van der Waals surface area contributed by atoms with Gasteiger partial charge in [0, 0.05) is 5.56 Å². The number of hydrogen-bond donors (Lipinski definition) is 1. The molecule has 1 heterocycles. The lowest BCUT2D eigenvalue weighted by atomic mass is 10.1. The minimum Gasteiger partial charge on any atom is -0.494 e. The molecule has 0 spiro atoms. The van der Waals surface area contributed by atoms with E-state index in [9.17, 15) is 13.2 Å². The van der Waals surface area contributed by atoms with E-state index in [-0.39, 0.29) is 4.90 Å². The predicted molar refractivity (Wildman–Crippen MR) is 136 cm³/mol. The number of ether oxygens (including phenoxy) is 3. The monoisotopic (exact) mass is 509 g/mol. The molecule has 188 valence electrons. The summed E-state index contributed by atoms with van der Waals surface area (Å²) in [6.45, 7) is 4.54. The van der Waals surface area contributed by atoms with Crippen molar-refractivity contribution in [2.24, 2.45) is 5.10 Å². The largest absolute Gasteiger partial charge is 0.494 e. The van der Waals surface area contributed by atoms with Gasteiger partial charge in [-0.05, 0) is 68.4 Å². The van der Waals surface area contributed by atoms with Crippen LogP contribution in [0.2, 0.25) is 0 Å². The first-order valence-corrected chi connectivity index (χ1v) is 12.9. The summed E-state index contributed by atoms with van der Waals surface area (Å²) in [5.74, 6) is 1.23. The van der Waals surface area contributed by atoms with Crippen LogP contribution in [0, 0.1) is 0 Å². The third-order valence-electron chi connectivity index (χ3n) is 5.36. The van der Waals surface area contributed by atoms with Gasteiger partial charge in [0.15, 0.2) is 11.5 Å². The van der Waals surface area contributed by atoms with Crippen LogP contribution in [-0.4, -0.2) is 46.4 Å². The van der Waals surface area contributed by atoms with E-state index < -0.39 is 22.5 Å². The molecule has 3 aromatic rings. The van der Waals surface area contributed by atoms with E-state index in [2.05, 4.69) is 10.5 Å². The van der Waals surface area contributed by atoms with Crippen molar-refractivity contribution < 1.29 is 27.4 Å². The number of amides is 1. The molecule has 10 heteroatoms. The van der Waals surface area contributed by atoms with Gasteiger partial charge in [-0.25, -0.2) is 13.8 Å². The molecule has 0 radical (unpaired) electrons.